The third kappa shape index (κ3) is 2.21. The Morgan fingerprint density at radius 3 is 2.95 bits per heavy atom. The summed E-state index contributed by atoms with van der Waals surface area (Å²) in [5.41, 5.74) is 8.69. The molecule has 3 aromatic heterocycles. The van der Waals surface area contributed by atoms with E-state index in [1.54, 1.807) is 10.9 Å². The molecule has 1 fully saturated rings. The van der Waals surface area contributed by atoms with E-state index in [1.807, 2.05) is 23.7 Å². The van der Waals surface area contributed by atoms with Crippen molar-refractivity contribution in [3.05, 3.63) is 24.3 Å². The number of aryl methyl sites for hydroxylation is 1. The molecular formula is C14H17N7O. The fraction of sp³-hybridized carbons (Fsp3) is 0.429. The lowest BCUT2D eigenvalue weighted by molar-refractivity contribution is -0.0404. The molecule has 0 aromatic carbocycles. The zero-order valence-electron chi connectivity index (χ0n) is 12.3. The molecule has 0 aliphatic carbocycles. The molecule has 8 nitrogen and oxygen atoms in total. The van der Waals surface area contributed by atoms with E-state index in [-0.39, 0.29) is 6.23 Å². The van der Waals surface area contributed by atoms with Crippen molar-refractivity contribution in [3.63, 3.8) is 0 Å². The van der Waals surface area contributed by atoms with E-state index in [2.05, 4.69) is 20.3 Å². The number of fused-ring (bicyclic) bond motifs is 1. The highest BCUT2D eigenvalue weighted by Gasteiger charge is 2.19. The lowest BCUT2D eigenvalue weighted by atomic mass is 10.2. The third-order valence-corrected chi connectivity index (χ3v) is 3.78. The summed E-state index contributed by atoms with van der Waals surface area (Å²) in [6.45, 7) is 2.69. The Labute approximate surface area is 126 Å². The van der Waals surface area contributed by atoms with Gasteiger partial charge in [-0.25, -0.2) is 14.6 Å². The van der Waals surface area contributed by atoms with Crippen LogP contribution in [0, 0.1) is 6.92 Å². The summed E-state index contributed by atoms with van der Waals surface area (Å²) in [6.07, 6.45) is 8.67. The van der Waals surface area contributed by atoms with Crippen LogP contribution in [0.25, 0.3) is 17.0 Å². The fourth-order valence-electron chi connectivity index (χ4n) is 2.77. The maximum absolute atomic E-state index is 5.79. The Balaban J connectivity index is 1.77. The van der Waals surface area contributed by atoms with Gasteiger partial charge in [0.15, 0.2) is 11.9 Å². The number of nitrogen functional groups attached to an aromatic ring is 1. The van der Waals surface area contributed by atoms with Gasteiger partial charge in [0.2, 0.25) is 0 Å². The van der Waals surface area contributed by atoms with Gasteiger partial charge in [0.1, 0.15) is 17.2 Å². The van der Waals surface area contributed by atoms with Crippen molar-refractivity contribution in [1.29, 1.82) is 0 Å². The number of anilines is 1. The number of nitrogens with two attached hydrogens (primary N) is 1. The van der Waals surface area contributed by atoms with Crippen molar-refractivity contribution < 1.29 is 4.74 Å². The van der Waals surface area contributed by atoms with Gasteiger partial charge in [0.25, 0.3) is 0 Å². The summed E-state index contributed by atoms with van der Waals surface area (Å²) in [5.74, 6) is 0.455. The molecule has 0 bridgehead atoms. The maximum Gasteiger partial charge on any atom is 0.167 e. The van der Waals surface area contributed by atoms with E-state index in [0.717, 1.165) is 31.6 Å². The molecule has 3 aromatic rings. The second-order valence-electron chi connectivity index (χ2n) is 5.53. The minimum absolute atomic E-state index is 0.0411. The summed E-state index contributed by atoms with van der Waals surface area (Å²) in [5, 5.41) is 8.43. The minimum atomic E-state index is -0.0411. The maximum atomic E-state index is 5.79. The highest BCUT2D eigenvalue weighted by atomic mass is 16.5. The monoisotopic (exact) mass is 299 g/mol. The number of rotatable bonds is 2. The molecule has 1 aliphatic heterocycles. The Hall–Kier alpha value is -2.48. The lowest BCUT2D eigenvalue weighted by Crippen LogP contribution is -2.18. The van der Waals surface area contributed by atoms with Crippen LogP contribution in [-0.4, -0.2) is 36.0 Å². The van der Waals surface area contributed by atoms with E-state index in [1.165, 1.54) is 0 Å². The zero-order chi connectivity index (χ0) is 15.1. The van der Waals surface area contributed by atoms with Crippen molar-refractivity contribution in [2.75, 3.05) is 12.3 Å². The largest absolute Gasteiger partial charge is 0.382 e. The van der Waals surface area contributed by atoms with Crippen LogP contribution >= 0.6 is 0 Å². The Morgan fingerprint density at radius 2 is 2.14 bits per heavy atom. The minimum Gasteiger partial charge on any atom is -0.382 e. The Bertz CT molecular complexity index is 816. The number of hydrogen-bond acceptors (Lipinski definition) is 6. The fourth-order valence-corrected chi connectivity index (χ4v) is 2.77. The van der Waals surface area contributed by atoms with E-state index in [4.69, 9.17) is 10.5 Å². The molecule has 2 N–H and O–H groups in total. The van der Waals surface area contributed by atoms with E-state index in [9.17, 15) is 0 Å². The van der Waals surface area contributed by atoms with Gasteiger partial charge < -0.3 is 14.9 Å². The standard InChI is InChI=1S/C14H17N7O/c1-9-6-20-8-11(15)17-14(20)13(16-9)10-7-21(19-18-10)12-4-2-3-5-22-12/h6-8,12H,2-5,15H2,1H3. The van der Waals surface area contributed by atoms with Crippen LogP contribution in [0.5, 0.6) is 0 Å². The molecule has 0 saturated carbocycles. The molecule has 1 unspecified atom stereocenters. The average Bonchev–Trinajstić information content (AvgIpc) is 3.13. The van der Waals surface area contributed by atoms with Crippen LogP contribution in [-0.2, 0) is 4.74 Å². The number of hydrogen-bond donors (Lipinski definition) is 1. The smallest absolute Gasteiger partial charge is 0.167 e. The summed E-state index contributed by atoms with van der Waals surface area (Å²) < 4.78 is 9.36. The molecule has 1 saturated heterocycles. The molecule has 114 valence electrons. The first-order chi connectivity index (χ1) is 10.7. The average molecular weight is 299 g/mol. The van der Waals surface area contributed by atoms with Crippen molar-refractivity contribution >= 4 is 11.5 Å². The van der Waals surface area contributed by atoms with E-state index in [0.29, 0.717) is 22.9 Å². The molecule has 4 rings (SSSR count). The molecule has 4 heterocycles. The normalized spacial score (nSPS) is 18.9. The van der Waals surface area contributed by atoms with Gasteiger partial charge in [0.05, 0.1) is 18.1 Å². The SMILES string of the molecule is Cc1cn2cc(N)nc2c(-c2cn(C3CCCCO3)nn2)n1. The van der Waals surface area contributed by atoms with Crippen molar-refractivity contribution in [2.45, 2.75) is 32.4 Å². The van der Waals surface area contributed by atoms with Crippen LogP contribution in [0.4, 0.5) is 5.82 Å². The first-order valence-corrected chi connectivity index (χ1v) is 7.36. The first-order valence-electron chi connectivity index (χ1n) is 7.36. The molecule has 0 spiro atoms. The van der Waals surface area contributed by atoms with Gasteiger partial charge in [-0.1, -0.05) is 5.21 Å². The van der Waals surface area contributed by atoms with Gasteiger partial charge >= 0.3 is 0 Å². The quantitative estimate of drug-likeness (QED) is 0.771. The van der Waals surface area contributed by atoms with Gasteiger partial charge in [-0.05, 0) is 26.2 Å². The van der Waals surface area contributed by atoms with Crippen LogP contribution in [0.15, 0.2) is 18.6 Å². The van der Waals surface area contributed by atoms with Crippen LogP contribution in [0.2, 0.25) is 0 Å². The highest BCUT2D eigenvalue weighted by molar-refractivity contribution is 5.72. The Morgan fingerprint density at radius 1 is 1.23 bits per heavy atom. The summed E-state index contributed by atoms with van der Waals surface area (Å²) >= 11 is 0. The molecule has 0 amide bonds. The van der Waals surface area contributed by atoms with Crippen molar-refractivity contribution in [3.8, 4) is 11.4 Å². The summed E-state index contributed by atoms with van der Waals surface area (Å²) in [6, 6.07) is 0. The molecule has 8 heteroatoms. The van der Waals surface area contributed by atoms with Crippen LogP contribution < -0.4 is 5.73 Å². The van der Waals surface area contributed by atoms with Crippen molar-refractivity contribution in [2.24, 2.45) is 0 Å². The molecular weight excluding hydrogens is 282 g/mol. The van der Waals surface area contributed by atoms with E-state index < -0.39 is 0 Å². The van der Waals surface area contributed by atoms with Crippen LogP contribution in [0.3, 0.4) is 0 Å². The molecule has 1 aliphatic rings. The molecule has 1 atom stereocenters. The molecule has 0 radical (unpaired) electrons. The van der Waals surface area contributed by atoms with Gasteiger partial charge in [-0.15, -0.1) is 5.10 Å². The van der Waals surface area contributed by atoms with Gasteiger partial charge in [-0.2, -0.15) is 0 Å². The predicted octanol–water partition coefficient (Wildman–Crippen LogP) is 1.58. The molecule has 22 heavy (non-hydrogen) atoms. The van der Waals surface area contributed by atoms with Gasteiger partial charge in [-0.3, -0.25) is 0 Å². The third-order valence-electron chi connectivity index (χ3n) is 3.78. The number of imidazole rings is 1. The lowest BCUT2D eigenvalue weighted by Gasteiger charge is -2.21. The topological polar surface area (TPSA) is 96.2 Å². The first kappa shape index (κ1) is 13.2. The number of nitrogens with zero attached hydrogens (tertiary/aromatic N) is 6. The number of ether oxygens (including phenoxy) is 1. The Kier molecular flexibility index (Phi) is 3.04. The van der Waals surface area contributed by atoms with E-state index >= 15 is 0 Å². The predicted molar refractivity (Wildman–Crippen MR) is 80.0 cm³/mol. The van der Waals surface area contributed by atoms with Crippen molar-refractivity contribution in [1.82, 2.24) is 29.4 Å². The van der Waals surface area contributed by atoms with Crippen LogP contribution in [0.1, 0.15) is 31.2 Å². The highest BCUT2D eigenvalue weighted by Crippen LogP contribution is 2.25. The zero-order valence-corrected chi connectivity index (χ0v) is 12.3. The second-order valence-corrected chi connectivity index (χ2v) is 5.53. The summed E-state index contributed by atoms with van der Waals surface area (Å²) in [7, 11) is 0. The van der Waals surface area contributed by atoms with Gasteiger partial charge in [0, 0.05) is 12.8 Å². The second kappa shape index (κ2) is 5.06. The number of aromatic nitrogens is 6. The summed E-state index contributed by atoms with van der Waals surface area (Å²) in [4.78, 5) is 8.87.